The van der Waals surface area contributed by atoms with E-state index in [-0.39, 0.29) is 24.1 Å². The molecule has 136 valence electrons. The number of halogens is 2. The van der Waals surface area contributed by atoms with Crippen LogP contribution < -0.4 is 11.1 Å². The van der Waals surface area contributed by atoms with Gasteiger partial charge in [-0.2, -0.15) is 0 Å². The van der Waals surface area contributed by atoms with Crippen LogP contribution in [-0.4, -0.2) is 30.6 Å². The van der Waals surface area contributed by atoms with Crippen LogP contribution in [0.2, 0.25) is 0 Å². The number of aromatic nitrogens is 1. The highest BCUT2D eigenvalue weighted by Gasteiger charge is 2.36. The molecule has 1 aliphatic rings. The number of nitrogens with one attached hydrogen (secondary N) is 1. The van der Waals surface area contributed by atoms with Crippen molar-refractivity contribution >= 4 is 29.7 Å². The van der Waals surface area contributed by atoms with E-state index in [0.29, 0.717) is 44.7 Å². The van der Waals surface area contributed by atoms with Crippen LogP contribution in [0.3, 0.4) is 0 Å². The van der Waals surface area contributed by atoms with Crippen molar-refractivity contribution in [2.45, 2.75) is 24.8 Å². The molecule has 0 saturated carbocycles. The van der Waals surface area contributed by atoms with Gasteiger partial charge in [-0.25, -0.2) is 9.37 Å². The van der Waals surface area contributed by atoms with Crippen LogP contribution in [0.25, 0.3) is 0 Å². The molecule has 3 rings (SSSR count). The lowest BCUT2D eigenvalue weighted by atomic mass is 9.82. The second-order valence-corrected chi connectivity index (χ2v) is 6.77. The summed E-state index contributed by atoms with van der Waals surface area (Å²) in [5, 5.41) is 5.65. The molecular weight excluding hydrogens is 365 g/mol. The number of hydrogen-bond donors (Lipinski definition) is 2. The lowest BCUT2D eigenvalue weighted by Gasteiger charge is -2.38. The maximum atomic E-state index is 13.7. The molecule has 8 heteroatoms. The second-order valence-electron chi connectivity index (χ2n) is 5.82. The van der Waals surface area contributed by atoms with E-state index in [9.17, 15) is 9.18 Å². The van der Waals surface area contributed by atoms with Gasteiger partial charge >= 0.3 is 0 Å². The summed E-state index contributed by atoms with van der Waals surface area (Å²) in [6.45, 7) is 1.54. The highest BCUT2D eigenvalue weighted by molar-refractivity contribution is 7.09. The minimum atomic E-state index is -0.630. The van der Waals surface area contributed by atoms with Gasteiger partial charge in [0.1, 0.15) is 11.5 Å². The molecule has 5 nitrogen and oxygen atoms in total. The van der Waals surface area contributed by atoms with Crippen molar-refractivity contribution in [3.63, 3.8) is 0 Å². The number of benzene rings is 1. The Hall–Kier alpha value is -1.54. The van der Waals surface area contributed by atoms with Gasteiger partial charge in [0.05, 0.1) is 10.5 Å². The van der Waals surface area contributed by atoms with Gasteiger partial charge in [-0.3, -0.25) is 4.79 Å². The van der Waals surface area contributed by atoms with E-state index in [2.05, 4.69) is 10.3 Å². The third kappa shape index (κ3) is 4.55. The van der Waals surface area contributed by atoms with Gasteiger partial charge in [0, 0.05) is 25.0 Å². The van der Waals surface area contributed by atoms with Gasteiger partial charge in [-0.1, -0.05) is 12.1 Å². The molecule has 0 bridgehead atoms. The zero-order valence-corrected chi connectivity index (χ0v) is 15.3. The Balaban J connectivity index is 0.00000225. The average molecular weight is 386 g/mol. The number of thiazole rings is 1. The summed E-state index contributed by atoms with van der Waals surface area (Å²) in [7, 11) is 0. The third-order valence-corrected chi connectivity index (χ3v) is 5.13. The molecule has 1 saturated heterocycles. The number of nitrogens with two attached hydrogens (primary N) is 1. The number of hydrogen-bond acceptors (Lipinski definition) is 5. The van der Waals surface area contributed by atoms with Gasteiger partial charge in [0.2, 0.25) is 0 Å². The van der Waals surface area contributed by atoms with E-state index < -0.39 is 5.54 Å². The van der Waals surface area contributed by atoms with Crippen LogP contribution in [0.5, 0.6) is 0 Å². The van der Waals surface area contributed by atoms with E-state index in [1.54, 1.807) is 11.4 Å². The van der Waals surface area contributed by atoms with Gasteiger partial charge in [-0.15, -0.1) is 23.7 Å². The van der Waals surface area contributed by atoms with Crippen molar-refractivity contribution in [3.05, 3.63) is 51.7 Å². The van der Waals surface area contributed by atoms with Gasteiger partial charge in [0.15, 0.2) is 0 Å². The topological polar surface area (TPSA) is 77.2 Å². The number of ether oxygens (including phenoxy) is 1. The van der Waals surface area contributed by atoms with Crippen molar-refractivity contribution in [2.75, 3.05) is 19.8 Å². The van der Waals surface area contributed by atoms with E-state index in [1.165, 1.54) is 23.5 Å². The van der Waals surface area contributed by atoms with Crippen molar-refractivity contribution in [1.29, 1.82) is 0 Å². The first kappa shape index (κ1) is 19.8. The summed E-state index contributed by atoms with van der Waals surface area (Å²) in [6.07, 6.45) is 1.85. The fourth-order valence-electron chi connectivity index (χ4n) is 2.93. The van der Waals surface area contributed by atoms with Crippen LogP contribution in [0.1, 0.15) is 33.9 Å². The zero-order chi connectivity index (χ0) is 17.0. The molecule has 1 amide bonds. The van der Waals surface area contributed by atoms with E-state index >= 15 is 0 Å². The summed E-state index contributed by atoms with van der Waals surface area (Å²) >= 11 is 1.43. The normalized spacial score (nSPS) is 16.1. The summed E-state index contributed by atoms with van der Waals surface area (Å²) in [5.41, 5.74) is 6.03. The quantitative estimate of drug-likeness (QED) is 0.829. The molecule has 1 fully saturated rings. The minimum absolute atomic E-state index is 0. The van der Waals surface area contributed by atoms with Gasteiger partial charge in [0.25, 0.3) is 5.91 Å². The first-order valence-electron chi connectivity index (χ1n) is 7.94. The summed E-state index contributed by atoms with van der Waals surface area (Å²) in [4.78, 5) is 17.0. The van der Waals surface area contributed by atoms with Crippen molar-refractivity contribution in [1.82, 2.24) is 10.3 Å². The lowest BCUT2D eigenvalue weighted by Crippen LogP contribution is -2.49. The van der Waals surface area contributed by atoms with Crippen LogP contribution in [0.4, 0.5) is 4.39 Å². The predicted molar refractivity (Wildman–Crippen MR) is 97.7 cm³/mol. The van der Waals surface area contributed by atoms with Crippen molar-refractivity contribution < 1.29 is 13.9 Å². The van der Waals surface area contributed by atoms with Crippen LogP contribution >= 0.6 is 23.7 Å². The third-order valence-electron chi connectivity index (χ3n) is 4.22. The molecule has 1 aromatic heterocycles. The molecule has 0 spiro atoms. The Morgan fingerprint density at radius 2 is 2.16 bits per heavy atom. The van der Waals surface area contributed by atoms with E-state index in [4.69, 9.17) is 10.5 Å². The number of nitrogens with zero attached hydrogens (tertiary/aromatic N) is 1. The highest BCUT2D eigenvalue weighted by Crippen LogP contribution is 2.33. The van der Waals surface area contributed by atoms with Crippen molar-refractivity contribution in [2.24, 2.45) is 5.73 Å². The fraction of sp³-hybridized carbons (Fsp3) is 0.412. The fourth-order valence-corrected chi connectivity index (χ4v) is 3.72. The van der Waals surface area contributed by atoms with E-state index in [0.717, 1.165) is 10.6 Å². The molecule has 0 radical (unpaired) electrons. The van der Waals surface area contributed by atoms with Crippen LogP contribution in [-0.2, 0) is 16.7 Å². The molecule has 2 heterocycles. The highest BCUT2D eigenvalue weighted by atomic mass is 35.5. The van der Waals surface area contributed by atoms with Gasteiger partial charge in [-0.05, 0) is 37.1 Å². The molecule has 2 aromatic rings. The van der Waals surface area contributed by atoms with E-state index in [1.807, 2.05) is 6.07 Å². The molecule has 0 unspecified atom stereocenters. The molecule has 0 aliphatic carbocycles. The standard InChI is InChI=1S/C17H20FN3O2S.ClH/c18-13-3-1-2-12(10-13)17(5-8-23-9-6-17)21-16(22)14-11-24-15(20-14)4-7-19;/h1-3,10-11H,4-9,19H2,(H,21,22);1H. The first-order valence-corrected chi connectivity index (χ1v) is 8.82. The minimum Gasteiger partial charge on any atom is -0.381 e. The molecule has 3 N–H and O–H groups in total. The monoisotopic (exact) mass is 385 g/mol. The number of carbonyl (C=O) groups excluding carboxylic acids is 1. The Morgan fingerprint density at radius 1 is 1.40 bits per heavy atom. The molecule has 1 aromatic carbocycles. The Bertz CT molecular complexity index is 719. The summed E-state index contributed by atoms with van der Waals surface area (Å²) < 4.78 is 19.1. The van der Waals surface area contributed by atoms with Gasteiger partial charge < -0.3 is 15.8 Å². The molecule has 25 heavy (non-hydrogen) atoms. The zero-order valence-electron chi connectivity index (χ0n) is 13.7. The second kappa shape index (κ2) is 8.71. The maximum absolute atomic E-state index is 13.7. The van der Waals surface area contributed by atoms with Crippen LogP contribution in [0, 0.1) is 5.82 Å². The number of amides is 1. The Labute approximate surface area is 156 Å². The Morgan fingerprint density at radius 3 is 2.84 bits per heavy atom. The SMILES string of the molecule is Cl.NCCc1nc(C(=O)NC2(c3cccc(F)c3)CCOCC2)cs1. The smallest absolute Gasteiger partial charge is 0.271 e. The van der Waals surface area contributed by atoms with Crippen molar-refractivity contribution in [3.8, 4) is 0 Å². The molecule has 1 aliphatic heterocycles. The predicted octanol–water partition coefficient (Wildman–Crippen LogP) is 2.64. The largest absolute Gasteiger partial charge is 0.381 e. The Kier molecular flexibility index (Phi) is 6.89. The molecular formula is C17H21ClFN3O2S. The van der Waals surface area contributed by atoms with Crippen LogP contribution in [0.15, 0.2) is 29.6 Å². The maximum Gasteiger partial charge on any atom is 0.271 e. The number of rotatable bonds is 5. The summed E-state index contributed by atoms with van der Waals surface area (Å²) in [6, 6.07) is 6.39. The summed E-state index contributed by atoms with van der Waals surface area (Å²) in [5.74, 6) is -0.563. The number of carbonyl (C=O) groups is 1. The molecule has 0 atom stereocenters. The average Bonchev–Trinajstić information content (AvgIpc) is 3.05. The first-order chi connectivity index (χ1) is 11.6. The lowest BCUT2D eigenvalue weighted by molar-refractivity contribution is 0.0343.